The molecule has 0 spiro atoms. The molecular weight excluding hydrogens is 1580 g/mol. The van der Waals surface area contributed by atoms with Crippen LogP contribution in [0.1, 0.15) is 0 Å². The van der Waals surface area contributed by atoms with E-state index in [-0.39, 0.29) is 0 Å². The van der Waals surface area contributed by atoms with Gasteiger partial charge >= 0.3 is 0 Å². The number of hydrogen-bond donors (Lipinski definition) is 0. The predicted molar refractivity (Wildman–Crippen MR) is 545 cm³/mol. The number of aromatic nitrogens is 2. The van der Waals surface area contributed by atoms with Gasteiger partial charge in [0.05, 0.1) is 39.1 Å². The zero-order valence-corrected chi connectivity index (χ0v) is 70.8. The van der Waals surface area contributed by atoms with Crippen molar-refractivity contribution < 1.29 is 8.83 Å². The summed E-state index contributed by atoms with van der Waals surface area (Å²) in [6, 6.07) is 177. The molecule has 6 nitrogen and oxygen atoms in total. The fourth-order valence-corrected chi connectivity index (χ4v) is 20.3. The predicted octanol–water partition coefficient (Wildman–Crippen LogP) is 34.8. The third kappa shape index (κ3) is 12.9. The maximum absolute atomic E-state index is 7.08. The Morgan fingerprint density at radius 1 is 0.162 bits per heavy atom. The molecule has 0 aliphatic heterocycles. The fourth-order valence-electron chi connectivity index (χ4n) is 20.3. The van der Waals surface area contributed by atoms with E-state index in [9.17, 15) is 0 Å². The van der Waals surface area contributed by atoms with E-state index in [4.69, 9.17) is 8.83 Å². The standard InChI is InChI=1S/C124H80N4O2/c1-2-29-85-77-91(61-60-81(85)28-1)99-38-7-15-52-114(99)126(94-73-66-84(67-74-94)98-37-4-6-40-103(98)105-42-9-17-54-116(105)128-119-57-20-12-45-108(119)109-46-13-21-58-120(109)128)96-35-25-33-90(79-96)101-49-27-51-112-113-80-88(68-75-122(113)130-124(101)112)87-31-23-30-86(76-87)82-62-69-92(70-63-82)125(95-34-24-32-89(78-95)100-48-26-50-111-110-47-14-22-59-121(110)129-123(100)111)93-71-64-83(65-72-93)97-36-3-5-39-102(97)104-41-8-16-53-115(104)127-117-55-18-10-43-106(117)107-44-11-19-56-118(107)127/h1-80H. The molecule has 0 atom stereocenters. The highest BCUT2D eigenvalue weighted by Gasteiger charge is 2.26. The third-order valence-corrected chi connectivity index (χ3v) is 26.3. The summed E-state index contributed by atoms with van der Waals surface area (Å²) in [5.41, 5.74) is 36.6. The first-order valence-corrected chi connectivity index (χ1v) is 44.5. The summed E-state index contributed by atoms with van der Waals surface area (Å²) in [7, 11) is 0. The number of fused-ring (bicyclic) bond motifs is 13. The quantitative estimate of drug-likeness (QED) is 0.0911. The first kappa shape index (κ1) is 75.2. The Morgan fingerprint density at radius 2 is 0.508 bits per heavy atom. The topological polar surface area (TPSA) is 42.6 Å². The molecule has 25 aromatic rings. The Kier molecular flexibility index (Phi) is 18.2. The minimum Gasteiger partial charge on any atom is -0.455 e. The van der Waals surface area contributed by atoms with Gasteiger partial charge in [0.25, 0.3) is 0 Å². The molecule has 0 unspecified atom stereocenters. The lowest BCUT2D eigenvalue weighted by Crippen LogP contribution is -2.11. The molecule has 0 radical (unpaired) electrons. The summed E-state index contributed by atoms with van der Waals surface area (Å²) < 4.78 is 18.6. The van der Waals surface area contributed by atoms with Gasteiger partial charge in [-0.15, -0.1) is 0 Å². The van der Waals surface area contributed by atoms with Crippen LogP contribution in [0, 0.1) is 0 Å². The number of rotatable bonds is 17. The molecular formula is C124H80N4O2. The van der Waals surface area contributed by atoms with Crippen LogP contribution in [0.25, 0.3) is 210 Å². The van der Waals surface area contributed by atoms with E-state index in [1.165, 1.54) is 54.4 Å². The SMILES string of the molecule is c1cc(-c2ccc(N(c3ccc(-c4ccccc4-c4ccccc4-n4c5ccccc5c5ccccc54)cc3)c3cccc(-c4cccc5c4oc4ccccc45)c3)cc2)cc(-c2ccc3oc4c(-c5cccc(N(c6ccc(-c7ccccc7-c7ccccc7-n7c8ccccc8c8ccccc87)cc6)c6ccccc6-c6ccc7ccccc7c6)c5)cccc4c3c2)c1. The smallest absolute Gasteiger partial charge is 0.143 e. The monoisotopic (exact) mass is 1660 g/mol. The molecule has 6 heteroatoms. The number of benzene rings is 21. The van der Waals surface area contributed by atoms with Crippen molar-refractivity contribution >= 4 is 132 Å². The van der Waals surface area contributed by atoms with Gasteiger partial charge in [-0.2, -0.15) is 0 Å². The van der Waals surface area contributed by atoms with Gasteiger partial charge in [-0.25, -0.2) is 0 Å². The number of anilines is 6. The van der Waals surface area contributed by atoms with Crippen LogP contribution >= 0.6 is 0 Å². The first-order chi connectivity index (χ1) is 64.5. The molecule has 0 saturated heterocycles. The zero-order valence-electron chi connectivity index (χ0n) is 70.8. The fraction of sp³-hybridized carbons (Fsp3) is 0. The van der Waals surface area contributed by atoms with Gasteiger partial charge in [-0.05, 0) is 217 Å². The highest BCUT2D eigenvalue weighted by Crippen LogP contribution is 2.50. The summed E-state index contributed by atoms with van der Waals surface area (Å²) in [4.78, 5) is 4.80. The van der Waals surface area contributed by atoms with E-state index in [0.29, 0.717) is 0 Å². The number of para-hydroxylation sites is 10. The first-order valence-electron chi connectivity index (χ1n) is 44.5. The minimum atomic E-state index is 0.829. The Bertz CT molecular complexity index is 8660. The molecule has 25 rings (SSSR count). The molecule has 0 aliphatic rings. The van der Waals surface area contributed by atoms with E-state index in [0.717, 1.165) is 190 Å². The summed E-state index contributed by atoms with van der Waals surface area (Å²) in [6.07, 6.45) is 0. The lowest BCUT2D eigenvalue weighted by atomic mass is 9.93. The van der Waals surface area contributed by atoms with E-state index in [1.54, 1.807) is 0 Å². The third-order valence-electron chi connectivity index (χ3n) is 26.3. The van der Waals surface area contributed by atoms with Crippen molar-refractivity contribution in [3.05, 3.63) is 485 Å². The number of hydrogen-bond acceptors (Lipinski definition) is 4. The summed E-state index contributed by atoms with van der Waals surface area (Å²) >= 11 is 0. The number of furan rings is 2. The van der Waals surface area contributed by atoms with Crippen LogP contribution in [0.2, 0.25) is 0 Å². The van der Waals surface area contributed by atoms with Gasteiger partial charge in [0, 0.05) is 99.3 Å². The molecule has 0 amide bonds. The van der Waals surface area contributed by atoms with Gasteiger partial charge in [0.2, 0.25) is 0 Å². The van der Waals surface area contributed by atoms with Crippen molar-refractivity contribution in [3.63, 3.8) is 0 Å². The maximum Gasteiger partial charge on any atom is 0.143 e. The largest absolute Gasteiger partial charge is 0.455 e. The van der Waals surface area contributed by atoms with Crippen LogP contribution in [0.5, 0.6) is 0 Å². The molecule has 21 aromatic carbocycles. The van der Waals surface area contributed by atoms with Crippen LogP contribution in [-0.4, -0.2) is 9.13 Å². The summed E-state index contributed by atoms with van der Waals surface area (Å²) in [5, 5.41) is 11.7. The summed E-state index contributed by atoms with van der Waals surface area (Å²) in [6.45, 7) is 0. The molecule has 4 aromatic heterocycles. The zero-order chi connectivity index (χ0) is 85.7. The van der Waals surface area contributed by atoms with Crippen molar-refractivity contribution in [2.24, 2.45) is 0 Å². The van der Waals surface area contributed by atoms with Crippen molar-refractivity contribution in [2.75, 3.05) is 9.80 Å². The Balaban J connectivity index is 0.546. The van der Waals surface area contributed by atoms with Gasteiger partial charge in [0.1, 0.15) is 22.3 Å². The molecule has 608 valence electrons. The van der Waals surface area contributed by atoms with Crippen molar-refractivity contribution in [1.82, 2.24) is 9.13 Å². The van der Waals surface area contributed by atoms with E-state index < -0.39 is 0 Å². The molecule has 0 aliphatic carbocycles. The van der Waals surface area contributed by atoms with Gasteiger partial charge in [-0.3, -0.25) is 0 Å². The Hall–Kier alpha value is -17.3. The highest BCUT2D eigenvalue weighted by molar-refractivity contribution is 6.15. The average Bonchev–Trinajstić information content (AvgIpc) is 1.58. The Labute approximate surface area is 751 Å². The minimum absolute atomic E-state index is 0.829. The molecule has 130 heavy (non-hydrogen) atoms. The van der Waals surface area contributed by atoms with Gasteiger partial charge in [-0.1, -0.05) is 352 Å². The molecule has 0 fully saturated rings. The van der Waals surface area contributed by atoms with Crippen LogP contribution in [0.4, 0.5) is 34.1 Å². The molecule has 0 N–H and O–H groups in total. The number of nitrogens with zero attached hydrogens (tertiary/aromatic N) is 4. The highest BCUT2D eigenvalue weighted by atomic mass is 16.3. The lowest BCUT2D eigenvalue weighted by Gasteiger charge is -2.28. The second-order valence-electron chi connectivity index (χ2n) is 33.7. The molecule has 0 bridgehead atoms. The van der Waals surface area contributed by atoms with E-state index in [1.807, 2.05) is 6.07 Å². The van der Waals surface area contributed by atoms with Gasteiger partial charge < -0.3 is 27.8 Å². The normalized spacial score (nSPS) is 11.7. The molecule has 4 heterocycles. The van der Waals surface area contributed by atoms with Crippen LogP contribution < -0.4 is 9.80 Å². The van der Waals surface area contributed by atoms with Crippen molar-refractivity contribution in [3.8, 4) is 112 Å². The van der Waals surface area contributed by atoms with E-state index in [2.05, 4.69) is 498 Å². The lowest BCUT2D eigenvalue weighted by molar-refractivity contribution is 0.669. The second-order valence-corrected chi connectivity index (χ2v) is 33.7. The van der Waals surface area contributed by atoms with Gasteiger partial charge in [0.15, 0.2) is 0 Å². The molecule has 0 saturated carbocycles. The summed E-state index contributed by atoms with van der Waals surface area (Å²) in [5.74, 6) is 0. The maximum atomic E-state index is 7.08. The van der Waals surface area contributed by atoms with Crippen LogP contribution in [0.15, 0.2) is 494 Å². The van der Waals surface area contributed by atoms with E-state index >= 15 is 0 Å². The van der Waals surface area contributed by atoms with Crippen molar-refractivity contribution in [1.29, 1.82) is 0 Å². The average molecular weight is 1660 g/mol. The van der Waals surface area contributed by atoms with Crippen molar-refractivity contribution in [2.45, 2.75) is 0 Å². The Morgan fingerprint density at radius 3 is 1.05 bits per heavy atom. The van der Waals surface area contributed by atoms with Crippen LogP contribution in [0.3, 0.4) is 0 Å². The van der Waals surface area contributed by atoms with Crippen LogP contribution in [-0.2, 0) is 0 Å². The second kappa shape index (κ2) is 31.4.